The molecule has 1 aromatic heterocycles. The zero-order valence-electron chi connectivity index (χ0n) is 22.0. The summed E-state index contributed by atoms with van der Waals surface area (Å²) < 4.78 is 69.9. The van der Waals surface area contributed by atoms with Gasteiger partial charge in [0.25, 0.3) is 5.91 Å². The van der Waals surface area contributed by atoms with Crippen LogP contribution in [-0.4, -0.2) is 25.6 Å². The second-order valence-corrected chi connectivity index (χ2v) is 9.67. The minimum Gasteiger partial charge on any atom is -0.399 e. The van der Waals surface area contributed by atoms with Crippen molar-refractivity contribution < 1.29 is 26.7 Å². The van der Waals surface area contributed by atoms with Crippen molar-refractivity contribution >= 4 is 11.6 Å². The van der Waals surface area contributed by atoms with Crippen molar-refractivity contribution in [3.8, 4) is 11.1 Å². The van der Waals surface area contributed by atoms with Crippen molar-refractivity contribution in [2.24, 2.45) is 0 Å². The molecule has 6 nitrogen and oxygen atoms in total. The van der Waals surface area contributed by atoms with Gasteiger partial charge < -0.3 is 15.2 Å². The number of rotatable bonds is 8. The summed E-state index contributed by atoms with van der Waals surface area (Å²) in [6.07, 6.45) is -3.02. The normalized spacial score (nSPS) is 11.5. The van der Waals surface area contributed by atoms with Crippen LogP contribution < -0.4 is 5.73 Å². The Kier molecular flexibility index (Phi) is 8.01. The molecule has 0 fully saturated rings. The first-order valence-electron chi connectivity index (χ1n) is 12.8. The van der Waals surface area contributed by atoms with Crippen molar-refractivity contribution in [2.75, 3.05) is 5.73 Å². The number of nitrogen functional groups attached to an aromatic ring is 1. The number of hydrogen-bond acceptors (Lipinski definition) is 4. The predicted molar refractivity (Wildman–Crippen MR) is 147 cm³/mol. The van der Waals surface area contributed by atoms with Gasteiger partial charge in [0.05, 0.1) is 18.7 Å². The number of carbonyl (C=O) groups is 1. The number of amides is 1. The van der Waals surface area contributed by atoms with E-state index in [0.29, 0.717) is 23.6 Å². The average Bonchev–Trinajstić information content (AvgIpc) is 3.40. The van der Waals surface area contributed by atoms with Gasteiger partial charge in [-0.3, -0.25) is 4.79 Å². The smallest absolute Gasteiger partial charge is 0.399 e. The van der Waals surface area contributed by atoms with Crippen LogP contribution >= 0.6 is 0 Å². The maximum absolute atomic E-state index is 14.7. The summed E-state index contributed by atoms with van der Waals surface area (Å²) in [5.74, 6) is -1.72. The summed E-state index contributed by atoms with van der Waals surface area (Å²) in [5.41, 5.74) is 7.38. The van der Waals surface area contributed by atoms with Gasteiger partial charge in [-0.2, -0.15) is 13.2 Å². The lowest BCUT2D eigenvalue weighted by Gasteiger charge is -2.23. The fourth-order valence-corrected chi connectivity index (χ4v) is 4.47. The first kappa shape index (κ1) is 28.5. The number of nitrogens with zero attached hydrogens (tertiary/aromatic N) is 4. The molecule has 4 aromatic carbocycles. The summed E-state index contributed by atoms with van der Waals surface area (Å²) in [6, 6.07) is 21.2. The molecule has 0 aliphatic heterocycles. The van der Waals surface area contributed by atoms with Gasteiger partial charge in [-0.15, -0.1) is 10.2 Å². The summed E-state index contributed by atoms with van der Waals surface area (Å²) in [5, 5.41) is 8.13. The third kappa shape index (κ3) is 6.63. The molecule has 214 valence electrons. The van der Waals surface area contributed by atoms with E-state index in [2.05, 4.69) is 10.2 Å². The van der Waals surface area contributed by atoms with E-state index in [-0.39, 0.29) is 29.8 Å². The monoisotopic (exact) mass is 577 g/mol. The van der Waals surface area contributed by atoms with Crippen molar-refractivity contribution in [3.05, 3.63) is 137 Å². The van der Waals surface area contributed by atoms with Crippen LogP contribution in [-0.2, 0) is 25.8 Å². The number of aromatic nitrogens is 3. The van der Waals surface area contributed by atoms with E-state index in [1.54, 1.807) is 28.8 Å². The van der Waals surface area contributed by atoms with E-state index >= 15 is 0 Å². The van der Waals surface area contributed by atoms with Crippen LogP contribution in [0.4, 0.5) is 27.6 Å². The molecule has 2 N–H and O–H groups in total. The van der Waals surface area contributed by atoms with Gasteiger partial charge in [-0.25, -0.2) is 8.78 Å². The summed E-state index contributed by atoms with van der Waals surface area (Å²) >= 11 is 0. The molecule has 5 rings (SSSR count). The van der Waals surface area contributed by atoms with Gasteiger partial charge in [0, 0.05) is 29.4 Å². The topological polar surface area (TPSA) is 77.0 Å². The second kappa shape index (κ2) is 11.8. The molecule has 0 spiro atoms. The molecule has 42 heavy (non-hydrogen) atoms. The molecule has 11 heteroatoms. The first-order chi connectivity index (χ1) is 20.1. The minimum absolute atomic E-state index is 0.0726. The van der Waals surface area contributed by atoms with Crippen LogP contribution in [0.3, 0.4) is 0 Å². The van der Waals surface area contributed by atoms with E-state index in [1.807, 2.05) is 12.1 Å². The number of hydrogen-bond donors (Lipinski definition) is 1. The number of nitrogens with two attached hydrogens (primary N) is 1. The fraction of sp³-hybridized carbons (Fsp3) is 0.129. The zero-order valence-corrected chi connectivity index (χ0v) is 22.0. The third-order valence-corrected chi connectivity index (χ3v) is 6.66. The molecule has 0 saturated carbocycles. The number of benzene rings is 4. The van der Waals surface area contributed by atoms with E-state index in [4.69, 9.17) is 5.73 Å². The lowest BCUT2D eigenvalue weighted by molar-refractivity contribution is -0.137. The average molecular weight is 578 g/mol. The summed E-state index contributed by atoms with van der Waals surface area (Å²) in [7, 11) is 0. The zero-order chi connectivity index (χ0) is 29.9. The molecule has 0 bridgehead atoms. The molecule has 5 aromatic rings. The Bertz CT molecular complexity index is 1720. The Morgan fingerprint density at radius 3 is 2.29 bits per heavy atom. The highest BCUT2D eigenvalue weighted by atomic mass is 19.4. The molecule has 0 aliphatic carbocycles. The van der Waals surface area contributed by atoms with Crippen LogP contribution in [0.2, 0.25) is 0 Å². The van der Waals surface area contributed by atoms with E-state index < -0.39 is 29.3 Å². The van der Waals surface area contributed by atoms with Gasteiger partial charge in [0.1, 0.15) is 18.0 Å². The van der Waals surface area contributed by atoms with E-state index in [9.17, 15) is 26.7 Å². The van der Waals surface area contributed by atoms with Crippen LogP contribution in [0.25, 0.3) is 11.1 Å². The van der Waals surface area contributed by atoms with Crippen molar-refractivity contribution in [3.63, 3.8) is 0 Å². The van der Waals surface area contributed by atoms with Crippen LogP contribution in [0.1, 0.15) is 32.9 Å². The maximum atomic E-state index is 14.7. The summed E-state index contributed by atoms with van der Waals surface area (Å²) in [4.78, 5) is 15.2. The largest absolute Gasteiger partial charge is 0.416 e. The predicted octanol–water partition coefficient (Wildman–Crippen LogP) is 6.72. The Morgan fingerprint density at radius 1 is 0.857 bits per heavy atom. The molecule has 0 saturated heterocycles. The number of alkyl halides is 3. The Morgan fingerprint density at radius 2 is 1.57 bits per heavy atom. The highest BCUT2D eigenvalue weighted by Crippen LogP contribution is 2.32. The van der Waals surface area contributed by atoms with Crippen molar-refractivity contribution in [1.29, 1.82) is 0 Å². The second-order valence-electron chi connectivity index (χ2n) is 9.67. The number of halogens is 5. The van der Waals surface area contributed by atoms with Gasteiger partial charge in [0.2, 0.25) is 0 Å². The van der Waals surface area contributed by atoms with Crippen LogP contribution in [0.15, 0.2) is 97.3 Å². The summed E-state index contributed by atoms with van der Waals surface area (Å²) in [6.45, 7) is 0.0620. The first-order valence-corrected chi connectivity index (χ1v) is 12.8. The quantitative estimate of drug-likeness (QED) is 0.164. The van der Waals surface area contributed by atoms with Gasteiger partial charge in [-0.05, 0) is 59.2 Å². The van der Waals surface area contributed by atoms with Crippen LogP contribution in [0, 0.1) is 11.6 Å². The molecule has 0 atom stereocenters. The van der Waals surface area contributed by atoms with E-state index in [0.717, 1.165) is 29.8 Å². The maximum Gasteiger partial charge on any atom is 0.416 e. The highest BCUT2D eigenvalue weighted by molar-refractivity contribution is 5.95. The SMILES string of the molecule is Nc1ccc(Cn2cnnc2CN(Cc2ccc(F)cc2F)C(=O)c2cccc(-c3cccc(C(F)(F)F)c3)c2)cc1. The molecule has 0 unspecified atom stereocenters. The Labute approximate surface area is 237 Å². The molecular weight excluding hydrogens is 553 g/mol. The standard InChI is InChI=1S/C31H24F5N5O/c32-26-10-9-24(28(33)15-26)17-40(18-29-39-38-19-41(29)16-20-7-11-27(37)12-8-20)30(42)23-5-1-3-21(13-23)22-4-2-6-25(14-22)31(34,35)36/h1-15,19H,16-18,37H2. The fourth-order valence-electron chi connectivity index (χ4n) is 4.47. The highest BCUT2D eigenvalue weighted by Gasteiger charge is 2.30. The van der Waals surface area contributed by atoms with Gasteiger partial charge in [-0.1, -0.05) is 42.5 Å². The molecule has 0 aliphatic rings. The number of carbonyl (C=O) groups excluding carboxylic acids is 1. The lowest BCUT2D eigenvalue weighted by Crippen LogP contribution is -2.32. The third-order valence-electron chi connectivity index (χ3n) is 6.66. The molecule has 0 radical (unpaired) electrons. The van der Waals surface area contributed by atoms with E-state index in [1.165, 1.54) is 41.6 Å². The van der Waals surface area contributed by atoms with Gasteiger partial charge >= 0.3 is 6.18 Å². The van der Waals surface area contributed by atoms with Crippen molar-refractivity contribution in [1.82, 2.24) is 19.7 Å². The minimum atomic E-state index is -4.53. The molecular formula is C31H24F5N5O. The lowest BCUT2D eigenvalue weighted by atomic mass is 10.0. The van der Waals surface area contributed by atoms with Crippen LogP contribution in [0.5, 0.6) is 0 Å². The molecule has 1 amide bonds. The Hall–Kier alpha value is -5.06. The van der Waals surface area contributed by atoms with Gasteiger partial charge in [0.15, 0.2) is 5.82 Å². The van der Waals surface area contributed by atoms with Crippen molar-refractivity contribution in [2.45, 2.75) is 25.8 Å². The number of anilines is 1. The Balaban J connectivity index is 1.47. The molecule has 1 heterocycles.